The molecule has 1 saturated carbocycles. The Bertz CT molecular complexity index is 1010. The predicted molar refractivity (Wildman–Crippen MR) is 184 cm³/mol. The van der Waals surface area contributed by atoms with Crippen molar-refractivity contribution in [1.82, 2.24) is 4.98 Å². The summed E-state index contributed by atoms with van der Waals surface area (Å²) in [7, 11) is 0.780. The summed E-state index contributed by atoms with van der Waals surface area (Å²) in [5.41, 5.74) is 2.10. The Hall–Kier alpha value is -1.81. The number of aromatic nitrogens is 1. The fourth-order valence-corrected chi connectivity index (χ4v) is 7.89. The highest BCUT2D eigenvalue weighted by atomic mass is 28.2. The molecule has 1 aromatic heterocycles. The van der Waals surface area contributed by atoms with Crippen LogP contribution in [0, 0.1) is 11.8 Å². The first-order chi connectivity index (χ1) is 21.1. The maximum Gasteiger partial charge on any atom is 0.241 e. The minimum Gasteiger partial charge on any atom is -0.451 e. The average Bonchev–Trinajstić information content (AvgIpc) is 3.75. The number of pyridine rings is 1. The molecular weight excluding hydrogens is 543 g/mol. The van der Waals surface area contributed by atoms with Crippen LogP contribution in [-0.4, -0.2) is 20.8 Å². The second kappa shape index (κ2) is 19.5. The Labute approximate surface area is 267 Å². The third-order valence-electron chi connectivity index (χ3n) is 9.76. The molecule has 43 heavy (non-hydrogen) atoms. The van der Waals surface area contributed by atoms with Crippen molar-refractivity contribution in [3.63, 3.8) is 0 Å². The zero-order valence-electron chi connectivity index (χ0n) is 27.8. The summed E-state index contributed by atoms with van der Waals surface area (Å²) in [6.07, 6.45) is 28.7. The van der Waals surface area contributed by atoms with E-state index in [1.165, 1.54) is 133 Å². The van der Waals surface area contributed by atoms with Crippen molar-refractivity contribution in [2.24, 2.45) is 11.8 Å². The Morgan fingerprint density at radius 3 is 2.23 bits per heavy atom. The van der Waals surface area contributed by atoms with Gasteiger partial charge in [-0.2, -0.15) is 0 Å². The quantitative estimate of drug-likeness (QED) is 0.0883. The summed E-state index contributed by atoms with van der Waals surface area (Å²) in [6, 6.07) is 13.1. The van der Waals surface area contributed by atoms with Crippen LogP contribution in [0.25, 0.3) is 0 Å². The van der Waals surface area contributed by atoms with Crippen molar-refractivity contribution >= 4 is 14.8 Å². The lowest BCUT2D eigenvalue weighted by Crippen LogP contribution is -2.21. The molecule has 0 N–H and O–H groups in total. The van der Waals surface area contributed by atoms with Crippen molar-refractivity contribution < 1.29 is 9.47 Å². The molecule has 0 spiro atoms. The molecule has 0 saturated heterocycles. The van der Waals surface area contributed by atoms with E-state index >= 15 is 0 Å². The summed E-state index contributed by atoms with van der Waals surface area (Å²) < 4.78 is 12.6. The van der Waals surface area contributed by atoms with Gasteiger partial charge in [-0.3, -0.25) is 4.98 Å². The van der Waals surface area contributed by atoms with Crippen LogP contribution >= 0.6 is 0 Å². The Kier molecular flexibility index (Phi) is 15.5. The van der Waals surface area contributed by atoms with Gasteiger partial charge in [0, 0.05) is 17.9 Å². The SMILES string of the molecule is CCCCCC(C)CCCC(CCC(C)[Si]c1ccccn1)c1ccc2c(c1)OC(CCCCCCCCCC1CC1)O2. The summed E-state index contributed by atoms with van der Waals surface area (Å²) in [5, 5.41) is 1.24. The van der Waals surface area contributed by atoms with Crippen molar-refractivity contribution in [2.45, 2.75) is 167 Å². The molecule has 1 aliphatic heterocycles. The lowest BCUT2D eigenvalue weighted by Gasteiger charge is -2.21. The highest BCUT2D eigenvalue weighted by Gasteiger charge is 2.26. The van der Waals surface area contributed by atoms with Gasteiger partial charge in [-0.05, 0) is 72.4 Å². The summed E-state index contributed by atoms with van der Waals surface area (Å²) in [5.74, 6) is 4.42. The fraction of sp³-hybridized carbons (Fsp3) is 0.718. The Morgan fingerprint density at radius 1 is 0.744 bits per heavy atom. The molecule has 0 bridgehead atoms. The van der Waals surface area contributed by atoms with E-state index in [-0.39, 0.29) is 6.29 Å². The molecule has 238 valence electrons. The summed E-state index contributed by atoms with van der Waals surface area (Å²) in [4.78, 5) is 4.59. The third-order valence-corrected chi connectivity index (χ3v) is 11.1. The lowest BCUT2D eigenvalue weighted by atomic mass is 9.87. The van der Waals surface area contributed by atoms with Crippen LogP contribution in [0.15, 0.2) is 42.6 Å². The van der Waals surface area contributed by atoms with Crippen LogP contribution in [-0.2, 0) is 0 Å². The van der Waals surface area contributed by atoms with E-state index in [1.807, 2.05) is 12.3 Å². The third kappa shape index (κ3) is 13.4. The average molecular weight is 604 g/mol. The molecule has 2 radical (unpaired) electrons. The molecule has 4 rings (SSSR count). The smallest absolute Gasteiger partial charge is 0.241 e. The van der Waals surface area contributed by atoms with Gasteiger partial charge in [0.1, 0.15) is 9.52 Å². The van der Waals surface area contributed by atoms with Gasteiger partial charge in [0.05, 0.1) is 0 Å². The Morgan fingerprint density at radius 2 is 1.49 bits per heavy atom. The van der Waals surface area contributed by atoms with E-state index in [4.69, 9.17) is 9.47 Å². The predicted octanol–water partition coefficient (Wildman–Crippen LogP) is 11.2. The van der Waals surface area contributed by atoms with Gasteiger partial charge in [0.2, 0.25) is 6.29 Å². The van der Waals surface area contributed by atoms with Crippen LogP contribution in [0.1, 0.15) is 161 Å². The zero-order chi connectivity index (χ0) is 30.1. The standard InChI is InChI=1S/C39H61NO2Si/c1-4-5-11-17-31(2)18-16-20-34(26-23-32(3)43-38-21-14-15-29-40-38)35-27-28-36-37(30-35)42-39(41-36)22-13-10-8-6-7-9-12-19-33-24-25-33/h14-15,21,27-34,39H,4-13,16-20,22-26H2,1-3H3. The first-order valence-corrected chi connectivity index (χ1v) is 19.3. The largest absolute Gasteiger partial charge is 0.451 e. The van der Waals surface area contributed by atoms with Crippen LogP contribution in [0.3, 0.4) is 0 Å². The topological polar surface area (TPSA) is 31.4 Å². The van der Waals surface area contributed by atoms with Gasteiger partial charge in [-0.15, -0.1) is 0 Å². The van der Waals surface area contributed by atoms with Crippen LogP contribution in [0.5, 0.6) is 11.5 Å². The molecule has 4 atom stereocenters. The van der Waals surface area contributed by atoms with Gasteiger partial charge in [0.25, 0.3) is 0 Å². The minimum atomic E-state index is -0.106. The van der Waals surface area contributed by atoms with Crippen LogP contribution in [0.2, 0.25) is 5.54 Å². The number of fused-ring (bicyclic) bond motifs is 1. The number of ether oxygens (including phenoxy) is 2. The number of unbranched alkanes of at least 4 members (excludes halogenated alkanes) is 8. The van der Waals surface area contributed by atoms with E-state index in [9.17, 15) is 0 Å². The maximum atomic E-state index is 6.36. The number of nitrogens with zero attached hydrogens (tertiary/aromatic N) is 1. The highest BCUT2D eigenvalue weighted by Crippen LogP contribution is 2.41. The molecule has 1 aromatic carbocycles. The van der Waals surface area contributed by atoms with Crippen molar-refractivity contribution in [1.29, 1.82) is 0 Å². The lowest BCUT2D eigenvalue weighted by molar-refractivity contribution is 0.0395. The van der Waals surface area contributed by atoms with Crippen molar-refractivity contribution in [3.05, 3.63) is 48.2 Å². The van der Waals surface area contributed by atoms with Gasteiger partial charge in [0.15, 0.2) is 11.5 Å². The zero-order valence-corrected chi connectivity index (χ0v) is 28.8. The normalized spacial score (nSPS) is 18.1. The van der Waals surface area contributed by atoms with Gasteiger partial charge in [-0.25, -0.2) is 0 Å². The van der Waals surface area contributed by atoms with Crippen molar-refractivity contribution in [2.75, 3.05) is 0 Å². The summed E-state index contributed by atoms with van der Waals surface area (Å²) >= 11 is 0. The minimum absolute atomic E-state index is 0.106. The highest BCUT2D eigenvalue weighted by molar-refractivity contribution is 6.53. The Balaban J connectivity index is 1.21. The van der Waals surface area contributed by atoms with Crippen LogP contribution in [0.4, 0.5) is 0 Å². The van der Waals surface area contributed by atoms with E-state index in [0.29, 0.717) is 11.5 Å². The number of benzene rings is 1. The van der Waals surface area contributed by atoms with E-state index < -0.39 is 0 Å². The van der Waals surface area contributed by atoms with Gasteiger partial charge in [-0.1, -0.05) is 136 Å². The summed E-state index contributed by atoms with van der Waals surface area (Å²) in [6.45, 7) is 7.16. The second-order valence-electron chi connectivity index (χ2n) is 13.9. The molecule has 2 aromatic rings. The van der Waals surface area contributed by atoms with Gasteiger partial charge < -0.3 is 9.47 Å². The molecule has 2 aliphatic rings. The molecule has 4 unspecified atom stereocenters. The van der Waals surface area contributed by atoms with Crippen molar-refractivity contribution in [3.8, 4) is 11.5 Å². The first-order valence-electron chi connectivity index (χ1n) is 18.3. The first kappa shape index (κ1) is 34.1. The van der Waals surface area contributed by atoms with E-state index in [2.05, 4.69) is 56.1 Å². The molecule has 3 nitrogen and oxygen atoms in total. The molecular formula is C39H61NO2Si. The maximum absolute atomic E-state index is 6.36. The van der Waals surface area contributed by atoms with E-state index in [0.717, 1.165) is 39.3 Å². The number of hydrogen-bond donors (Lipinski definition) is 0. The number of rotatable bonds is 24. The second-order valence-corrected chi connectivity index (χ2v) is 15.7. The molecule has 2 heterocycles. The number of hydrogen-bond acceptors (Lipinski definition) is 3. The fourth-order valence-electron chi connectivity index (χ4n) is 6.73. The monoisotopic (exact) mass is 603 g/mol. The van der Waals surface area contributed by atoms with Crippen LogP contribution < -0.4 is 14.8 Å². The molecule has 4 heteroatoms. The molecule has 1 fully saturated rings. The molecule has 1 aliphatic carbocycles. The van der Waals surface area contributed by atoms with Gasteiger partial charge >= 0.3 is 0 Å². The van der Waals surface area contributed by atoms with E-state index in [1.54, 1.807) is 0 Å². The molecule has 0 amide bonds.